The molecule has 1 N–H and O–H groups in total. The fourth-order valence-electron chi connectivity index (χ4n) is 1.48. The lowest BCUT2D eigenvalue weighted by molar-refractivity contribution is 0.579. The third kappa shape index (κ3) is 3.82. The lowest BCUT2D eigenvalue weighted by atomic mass is 10.3. The third-order valence-electron chi connectivity index (χ3n) is 2.44. The number of nitrogens with one attached hydrogen (secondary N) is 1. The van der Waals surface area contributed by atoms with Crippen molar-refractivity contribution < 1.29 is 17.2 Å². The standard InChI is InChI=1S/C12H6Br3F2NO2S/c13-6-1-2-7(14)12(3-6)21(19,20)18-11-4-8(15)9(16)5-10(11)17/h1-5,18H. The van der Waals surface area contributed by atoms with E-state index in [0.29, 0.717) is 15.0 Å². The molecule has 21 heavy (non-hydrogen) atoms. The predicted molar refractivity (Wildman–Crippen MR) is 86.7 cm³/mol. The van der Waals surface area contributed by atoms with Crippen LogP contribution in [0, 0.1) is 11.6 Å². The number of benzene rings is 2. The van der Waals surface area contributed by atoms with E-state index < -0.39 is 21.7 Å². The molecule has 0 bridgehead atoms. The highest BCUT2D eigenvalue weighted by atomic mass is 79.9. The highest BCUT2D eigenvalue weighted by Crippen LogP contribution is 2.29. The van der Waals surface area contributed by atoms with Crippen LogP contribution in [0.5, 0.6) is 0 Å². The second kappa shape index (κ2) is 6.31. The van der Waals surface area contributed by atoms with Gasteiger partial charge in [0.25, 0.3) is 10.0 Å². The van der Waals surface area contributed by atoms with Crippen molar-refractivity contribution >= 4 is 63.5 Å². The molecular formula is C12H6Br3F2NO2S. The minimum Gasteiger partial charge on any atom is -0.277 e. The second-order valence-corrected chi connectivity index (χ2v) is 8.20. The maximum Gasteiger partial charge on any atom is 0.263 e. The molecule has 0 aromatic heterocycles. The van der Waals surface area contributed by atoms with E-state index in [4.69, 9.17) is 0 Å². The van der Waals surface area contributed by atoms with Gasteiger partial charge in [0.1, 0.15) is 16.5 Å². The SMILES string of the molecule is O=S(=O)(Nc1cc(Br)c(F)cc1F)c1cc(Br)ccc1Br. The van der Waals surface area contributed by atoms with Crippen molar-refractivity contribution in [3.63, 3.8) is 0 Å². The minimum atomic E-state index is -4.03. The molecule has 2 aromatic rings. The Hall–Kier alpha value is -0.510. The van der Waals surface area contributed by atoms with Crippen LogP contribution in [0.1, 0.15) is 0 Å². The van der Waals surface area contributed by atoms with Crippen LogP contribution in [0.3, 0.4) is 0 Å². The molecule has 0 heterocycles. The van der Waals surface area contributed by atoms with Crippen molar-refractivity contribution in [3.8, 4) is 0 Å². The summed E-state index contributed by atoms with van der Waals surface area (Å²) in [6.07, 6.45) is 0. The van der Waals surface area contributed by atoms with E-state index in [-0.39, 0.29) is 15.1 Å². The summed E-state index contributed by atoms with van der Waals surface area (Å²) < 4.78 is 54.3. The maximum atomic E-state index is 13.6. The van der Waals surface area contributed by atoms with Crippen LogP contribution in [0.2, 0.25) is 0 Å². The molecule has 0 unspecified atom stereocenters. The van der Waals surface area contributed by atoms with Gasteiger partial charge in [-0.2, -0.15) is 0 Å². The van der Waals surface area contributed by atoms with Crippen molar-refractivity contribution in [1.82, 2.24) is 0 Å². The molecule has 0 fully saturated rings. The Balaban J connectivity index is 2.47. The first-order chi connectivity index (χ1) is 9.70. The molecule has 0 spiro atoms. The number of hydrogen-bond acceptors (Lipinski definition) is 2. The molecule has 2 rings (SSSR count). The topological polar surface area (TPSA) is 46.2 Å². The van der Waals surface area contributed by atoms with E-state index in [1.165, 1.54) is 12.1 Å². The van der Waals surface area contributed by atoms with Crippen LogP contribution in [-0.2, 0) is 10.0 Å². The zero-order valence-electron chi connectivity index (χ0n) is 10.0. The summed E-state index contributed by atoms with van der Waals surface area (Å²) >= 11 is 9.16. The summed E-state index contributed by atoms with van der Waals surface area (Å²) in [5, 5.41) is 0. The van der Waals surface area contributed by atoms with E-state index in [9.17, 15) is 17.2 Å². The first-order valence-electron chi connectivity index (χ1n) is 5.33. The number of anilines is 1. The Morgan fingerprint density at radius 1 is 0.905 bits per heavy atom. The lowest BCUT2D eigenvalue weighted by Crippen LogP contribution is -2.15. The predicted octanol–water partition coefficient (Wildman–Crippen LogP) is 5.05. The van der Waals surface area contributed by atoms with Gasteiger partial charge in [-0.15, -0.1) is 0 Å². The fraction of sp³-hybridized carbons (Fsp3) is 0. The normalized spacial score (nSPS) is 11.5. The van der Waals surface area contributed by atoms with Crippen LogP contribution in [0.4, 0.5) is 14.5 Å². The Morgan fingerprint density at radius 3 is 2.24 bits per heavy atom. The molecule has 0 radical (unpaired) electrons. The highest BCUT2D eigenvalue weighted by Gasteiger charge is 2.20. The van der Waals surface area contributed by atoms with Crippen LogP contribution in [-0.4, -0.2) is 8.42 Å². The molecule has 0 aliphatic rings. The van der Waals surface area contributed by atoms with Gasteiger partial charge in [-0.1, -0.05) is 15.9 Å². The van der Waals surface area contributed by atoms with Gasteiger partial charge in [0.2, 0.25) is 0 Å². The first kappa shape index (κ1) is 16.9. The Bertz CT molecular complexity index is 812. The Labute approximate surface area is 145 Å². The fourth-order valence-corrected chi connectivity index (χ4v) is 4.39. The molecule has 0 amide bonds. The largest absolute Gasteiger partial charge is 0.277 e. The molecule has 9 heteroatoms. The van der Waals surface area contributed by atoms with Crippen molar-refractivity contribution in [2.45, 2.75) is 4.90 Å². The highest BCUT2D eigenvalue weighted by molar-refractivity contribution is 9.11. The van der Waals surface area contributed by atoms with Crippen LogP contribution < -0.4 is 4.72 Å². The Kier molecular flexibility index (Phi) is 5.07. The van der Waals surface area contributed by atoms with Crippen molar-refractivity contribution in [1.29, 1.82) is 0 Å². The van der Waals surface area contributed by atoms with Crippen molar-refractivity contribution in [3.05, 3.63) is 55.4 Å². The van der Waals surface area contributed by atoms with E-state index in [1.54, 1.807) is 6.07 Å². The van der Waals surface area contributed by atoms with E-state index in [1.807, 2.05) is 0 Å². The van der Waals surface area contributed by atoms with Gasteiger partial charge >= 0.3 is 0 Å². The summed E-state index contributed by atoms with van der Waals surface area (Å²) in [5.41, 5.74) is -0.352. The zero-order chi connectivity index (χ0) is 15.8. The average molecular weight is 506 g/mol. The molecule has 0 aliphatic heterocycles. The molecule has 3 nitrogen and oxygen atoms in total. The van der Waals surface area contributed by atoms with Gasteiger partial charge < -0.3 is 0 Å². The number of hydrogen-bond donors (Lipinski definition) is 1. The van der Waals surface area contributed by atoms with Gasteiger partial charge in [0.05, 0.1) is 10.2 Å². The van der Waals surface area contributed by atoms with Gasteiger partial charge in [-0.3, -0.25) is 4.72 Å². The van der Waals surface area contributed by atoms with E-state index in [0.717, 1.165) is 6.07 Å². The smallest absolute Gasteiger partial charge is 0.263 e. The van der Waals surface area contributed by atoms with Gasteiger partial charge in [-0.25, -0.2) is 17.2 Å². The van der Waals surface area contributed by atoms with E-state index in [2.05, 4.69) is 52.5 Å². The van der Waals surface area contributed by atoms with E-state index >= 15 is 0 Å². The summed E-state index contributed by atoms with van der Waals surface area (Å²) in [4.78, 5) is -0.0725. The summed E-state index contributed by atoms with van der Waals surface area (Å²) in [6, 6.07) is 6.17. The average Bonchev–Trinajstić information content (AvgIpc) is 2.38. The summed E-state index contributed by atoms with van der Waals surface area (Å²) in [7, 11) is -4.03. The number of sulfonamides is 1. The maximum absolute atomic E-state index is 13.6. The third-order valence-corrected chi connectivity index (χ3v) is 5.90. The lowest BCUT2D eigenvalue weighted by Gasteiger charge is -2.11. The summed E-state index contributed by atoms with van der Waals surface area (Å²) in [5.74, 6) is -1.83. The zero-order valence-corrected chi connectivity index (χ0v) is 15.6. The monoisotopic (exact) mass is 503 g/mol. The minimum absolute atomic E-state index is 0.0464. The Morgan fingerprint density at radius 2 is 1.57 bits per heavy atom. The van der Waals surface area contributed by atoms with Crippen LogP contribution in [0.25, 0.3) is 0 Å². The molecule has 2 aromatic carbocycles. The number of rotatable bonds is 3. The second-order valence-electron chi connectivity index (χ2n) is 3.93. The quantitative estimate of drug-likeness (QED) is 0.593. The molecule has 112 valence electrons. The molecular weight excluding hydrogens is 500 g/mol. The molecule has 0 atom stereocenters. The molecule has 0 aliphatic carbocycles. The van der Waals surface area contributed by atoms with Gasteiger partial charge in [0, 0.05) is 15.0 Å². The van der Waals surface area contributed by atoms with Crippen LogP contribution >= 0.6 is 47.8 Å². The molecule has 0 saturated heterocycles. The first-order valence-corrected chi connectivity index (χ1v) is 9.19. The van der Waals surface area contributed by atoms with Gasteiger partial charge in [-0.05, 0) is 56.1 Å². The molecule has 0 saturated carbocycles. The van der Waals surface area contributed by atoms with Crippen molar-refractivity contribution in [2.75, 3.05) is 4.72 Å². The van der Waals surface area contributed by atoms with Crippen molar-refractivity contribution in [2.24, 2.45) is 0 Å². The summed E-state index contributed by atoms with van der Waals surface area (Å²) in [6.45, 7) is 0. The number of halogens is 5. The van der Waals surface area contributed by atoms with Gasteiger partial charge in [0.15, 0.2) is 0 Å². The van der Waals surface area contributed by atoms with Crippen LogP contribution in [0.15, 0.2) is 48.6 Å².